The zero-order chi connectivity index (χ0) is 14.9. The molecule has 1 aliphatic rings. The van der Waals surface area contributed by atoms with Crippen molar-refractivity contribution in [2.75, 3.05) is 12.3 Å². The Kier molecular flexibility index (Phi) is 3.17. The van der Waals surface area contributed by atoms with Crippen LogP contribution >= 0.6 is 0 Å². The van der Waals surface area contributed by atoms with Gasteiger partial charge in [-0.2, -0.15) is 0 Å². The summed E-state index contributed by atoms with van der Waals surface area (Å²) in [5, 5.41) is 6.16. The quantitative estimate of drug-likeness (QED) is 0.671. The highest BCUT2D eigenvalue weighted by atomic mass is 16.2. The first-order valence-corrected chi connectivity index (χ1v) is 6.63. The Morgan fingerprint density at radius 3 is 3.00 bits per heavy atom. The van der Waals surface area contributed by atoms with E-state index in [0.717, 1.165) is 16.5 Å². The molecule has 2 amide bonds. The fourth-order valence-corrected chi connectivity index (χ4v) is 2.72. The Hall–Kier alpha value is -2.70. The average molecular weight is 285 g/mol. The molecule has 1 aromatic heterocycles. The predicted molar refractivity (Wildman–Crippen MR) is 77.2 cm³/mol. The third kappa shape index (κ3) is 2.26. The van der Waals surface area contributed by atoms with Crippen molar-refractivity contribution in [2.24, 2.45) is 0 Å². The van der Waals surface area contributed by atoms with Crippen molar-refractivity contribution in [1.29, 1.82) is 0 Å². The van der Waals surface area contributed by atoms with Crippen LogP contribution in [-0.4, -0.2) is 34.4 Å². The van der Waals surface area contributed by atoms with Gasteiger partial charge >= 0.3 is 0 Å². The molecule has 1 atom stereocenters. The predicted octanol–water partition coefficient (Wildman–Crippen LogP) is -0.241. The van der Waals surface area contributed by atoms with Crippen molar-refractivity contribution in [2.45, 2.75) is 18.4 Å². The van der Waals surface area contributed by atoms with Gasteiger partial charge < -0.3 is 16.4 Å². The number of hydrogen-bond donors (Lipinski definition) is 3. The lowest BCUT2D eigenvalue weighted by Crippen LogP contribution is -2.52. The topological polar surface area (TPSA) is 110 Å². The smallest absolute Gasteiger partial charge is 0.246 e. The molecule has 0 unspecified atom stereocenters. The van der Waals surface area contributed by atoms with Crippen LogP contribution < -0.4 is 16.4 Å². The van der Waals surface area contributed by atoms with Crippen LogP contribution in [0, 0.1) is 0 Å². The van der Waals surface area contributed by atoms with Gasteiger partial charge in [-0.15, -0.1) is 0 Å². The van der Waals surface area contributed by atoms with Gasteiger partial charge in [-0.25, -0.2) is 9.97 Å². The summed E-state index contributed by atoms with van der Waals surface area (Å²) in [6.07, 6.45) is 2.95. The van der Waals surface area contributed by atoms with E-state index in [4.69, 9.17) is 5.73 Å². The lowest BCUT2D eigenvalue weighted by atomic mass is 9.89. The van der Waals surface area contributed by atoms with Crippen LogP contribution in [-0.2, 0) is 16.0 Å². The maximum atomic E-state index is 12.0. The Balaban J connectivity index is 1.98. The zero-order valence-electron chi connectivity index (χ0n) is 11.3. The largest absolute Gasteiger partial charge is 0.383 e. The molecule has 2 heterocycles. The number of nitrogens with one attached hydrogen (secondary N) is 2. The lowest BCUT2D eigenvalue weighted by Gasteiger charge is -2.25. The molecule has 0 bridgehead atoms. The van der Waals surface area contributed by atoms with E-state index in [1.807, 2.05) is 18.2 Å². The number of benzene rings is 1. The zero-order valence-corrected chi connectivity index (χ0v) is 11.3. The summed E-state index contributed by atoms with van der Waals surface area (Å²) in [6, 6.07) is 5.59. The Labute approximate surface area is 120 Å². The minimum atomic E-state index is -0.889. The Morgan fingerprint density at radius 1 is 1.43 bits per heavy atom. The number of aromatic nitrogens is 2. The molecule has 1 aromatic carbocycles. The molecule has 1 saturated heterocycles. The number of amides is 2. The normalized spacial score (nSPS) is 21.2. The van der Waals surface area contributed by atoms with Crippen molar-refractivity contribution in [3.63, 3.8) is 0 Å². The highest BCUT2D eigenvalue weighted by molar-refractivity contribution is 5.91. The summed E-state index contributed by atoms with van der Waals surface area (Å²) in [5.41, 5.74) is 6.61. The molecule has 108 valence electrons. The van der Waals surface area contributed by atoms with E-state index in [1.165, 1.54) is 6.33 Å². The molecule has 7 nitrogen and oxygen atoms in total. The first-order valence-electron chi connectivity index (χ1n) is 6.63. The van der Waals surface area contributed by atoms with E-state index >= 15 is 0 Å². The lowest BCUT2D eigenvalue weighted by molar-refractivity contribution is -0.127. The van der Waals surface area contributed by atoms with Gasteiger partial charge in [0.1, 0.15) is 17.7 Å². The monoisotopic (exact) mass is 285 g/mol. The fraction of sp³-hybridized carbons (Fsp3) is 0.286. The number of carbonyl (C=O) groups excluding carboxylic acids is 2. The Morgan fingerprint density at radius 2 is 2.29 bits per heavy atom. The van der Waals surface area contributed by atoms with E-state index in [0.29, 0.717) is 31.6 Å². The van der Waals surface area contributed by atoms with Crippen LogP contribution in [0.25, 0.3) is 10.9 Å². The van der Waals surface area contributed by atoms with Gasteiger partial charge in [-0.3, -0.25) is 9.59 Å². The number of nitrogen functional groups attached to an aromatic ring is 1. The van der Waals surface area contributed by atoms with E-state index in [1.54, 1.807) is 0 Å². The van der Waals surface area contributed by atoms with E-state index in [2.05, 4.69) is 20.6 Å². The summed E-state index contributed by atoms with van der Waals surface area (Å²) in [4.78, 5) is 31.0. The van der Waals surface area contributed by atoms with Gasteiger partial charge in [0.15, 0.2) is 0 Å². The number of nitrogens with zero attached hydrogens (tertiary/aromatic N) is 2. The molecule has 0 aliphatic carbocycles. The molecule has 1 aliphatic heterocycles. The van der Waals surface area contributed by atoms with E-state index in [-0.39, 0.29) is 5.91 Å². The third-order valence-corrected chi connectivity index (χ3v) is 3.84. The van der Waals surface area contributed by atoms with Gasteiger partial charge in [0.2, 0.25) is 12.3 Å². The molecule has 0 spiro atoms. The van der Waals surface area contributed by atoms with Gasteiger partial charge in [0.25, 0.3) is 0 Å². The van der Waals surface area contributed by atoms with Crippen molar-refractivity contribution in [1.82, 2.24) is 20.6 Å². The van der Waals surface area contributed by atoms with E-state index < -0.39 is 5.54 Å². The van der Waals surface area contributed by atoms with Crippen LogP contribution in [0.15, 0.2) is 24.5 Å². The number of anilines is 1. The summed E-state index contributed by atoms with van der Waals surface area (Å²) >= 11 is 0. The van der Waals surface area contributed by atoms with Crippen LogP contribution in [0.3, 0.4) is 0 Å². The molecule has 0 saturated carbocycles. The molecular formula is C14H15N5O2. The number of fused-ring (bicyclic) bond motifs is 1. The van der Waals surface area contributed by atoms with E-state index in [9.17, 15) is 9.59 Å². The van der Waals surface area contributed by atoms with Gasteiger partial charge in [0.05, 0.1) is 5.52 Å². The van der Waals surface area contributed by atoms with Crippen molar-refractivity contribution >= 4 is 29.0 Å². The number of rotatable bonds is 4. The number of carbonyl (C=O) groups is 2. The molecule has 3 rings (SSSR count). The highest BCUT2D eigenvalue weighted by Crippen LogP contribution is 2.25. The summed E-state index contributed by atoms with van der Waals surface area (Å²) in [7, 11) is 0. The summed E-state index contributed by atoms with van der Waals surface area (Å²) < 4.78 is 0. The number of nitrogens with two attached hydrogens (primary N) is 1. The molecule has 21 heavy (non-hydrogen) atoms. The van der Waals surface area contributed by atoms with Gasteiger partial charge in [-0.1, -0.05) is 6.07 Å². The maximum Gasteiger partial charge on any atom is 0.246 e. The number of hydrogen-bond acceptors (Lipinski definition) is 5. The molecule has 0 radical (unpaired) electrons. The SMILES string of the molecule is Nc1ncnc2ccc(C[C@]3(NC=O)CCNC3=O)cc12. The third-order valence-electron chi connectivity index (χ3n) is 3.84. The van der Waals surface area contributed by atoms with Gasteiger partial charge in [-0.05, 0) is 24.1 Å². The standard InChI is InChI=1S/C14H15N5O2/c15-12-10-5-9(1-2-11(10)17-7-18-12)6-14(19-8-20)3-4-16-13(14)21/h1-2,5,7-8H,3-4,6H2,(H,16,21)(H,19,20)(H2,15,17,18)/t14-/m1/s1. The molecular weight excluding hydrogens is 270 g/mol. The Bertz CT molecular complexity index is 718. The average Bonchev–Trinajstić information content (AvgIpc) is 2.81. The summed E-state index contributed by atoms with van der Waals surface area (Å²) in [5.74, 6) is 0.238. The second kappa shape index (κ2) is 5.01. The van der Waals surface area contributed by atoms with Crippen molar-refractivity contribution in [3.8, 4) is 0 Å². The van der Waals surface area contributed by atoms with Gasteiger partial charge in [0, 0.05) is 18.4 Å². The van der Waals surface area contributed by atoms with Crippen LogP contribution in [0.1, 0.15) is 12.0 Å². The first kappa shape index (κ1) is 13.3. The molecule has 4 N–H and O–H groups in total. The highest BCUT2D eigenvalue weighted by Gasteiger charge is 2.42. The van der Waals surface area contributed by atoms with Crippen molar-refractivity contribution < 1.29 is 9.59 Å². The van der Waals surface area contributed by atoms with Crippen LogP contribution in [0.4, 0.5) is 5.82 Å². The minimum Gasteiger partial charge on any atom is -0.383 e. The van der Waals surface area contributed by atoms with Crippen LogP contribution in [0.5, 0.6) is 0 Å². The second-order valence-electron chi connectivity index (χ2n) is 5.14. The van der Waals surface area contributed by atoms with Crippen molar-refractivity contribution in [3.05, 3.63) is 30.1 Å². The second-order valence-corrected chi connectivity index (χ2v) is 5.14. The summed E-state index contributed by atoms with van der Waals surface area (Å²) in [6.45, 7) is 0.554. The first-order chi connectivity index (χ1) is 10.1. The molecule has 7 heteroatoms. The fourth-order valence-electron chi connectivity index (χ4n) is 2.72. The molecule has 1 fully saturated rings. The minimum absolute atomic E-state index is 0.160. The van der Waals surface area contributed by atoms with Crippen LogP contribution in [0.2, 0.25) is 0 Å². The molecule has 2 aromatic rings. The maximum absolute atomic E-state index is 12.0.